The molecule has 0 aromatic heterocycles. The lowest BCUT2D eigenvalue weighted by Crippen LogP contribution is -2.37. The summed E-state index contributed by atoms with van der Waals surface area (Å²) in [5, 5.41) is 9.87. The molecule has 2 fully saturated rings. The fourth-order valence-corrected chi connectivity index (χ4v) is 3.79. The standard InChI is InChI=1S/C15H26O3/c1-3-18-14(17)11-7-9-15(2,10-8-11)12-5-4-6-13(12)16/h11-12,14,17H,3-10H2,1-2H3. The number of aliphatic hydroxyl groups excluding tert-OH is 1. The van der Waals surface area contributed by atoms with Gasteiger partial charge in [-0.3, -0.25) is 4.79 Å². The Morgan fingerprint density at radius 2 is 2.06 bits per heavy atom. The van der Waals surface area contributed by atoms with E-state index in [9.17, 15) is 9.90 Å². The van der Waals surface area contributed by atoms with E-state index in [1.54, 1.807) is 0 Å². The van der Waals surface area contributed by atoms with Crippen LogP contribution in [0.4, 0.5) is 0 Å². The first-order valence-electron chi connectivity index (χ1n) is 7.39. The lowest BCUT2D eigenvalue weighted by molar-refractivity contribution is -0.146. The molecule has 0 spiro atoms. The van der Waals surface area contributed by atoms with Gasteiger partial charge in [0, 0.05) is 24.9 Å². The number of rotatable bonds is 4. The molecular formula is C15H26O3. The van der Waals surface area contributed by atoms with Crippen molar-refractivity contribution in [2.24, 2.45) is 17.3 Å². The molecular weight excluding hydrogens is 228 g/mol. The molecule has 0 aromatic rings. The van der Waals surface area contributed by atoms with Gasteiger partial charge in [-0.05, 0) is 50.9 Å². The third-order valence-electron chi connectivity index (χ3n) is 5.06. The normalized spacial score (nSPS) is 38.9. The molecule has 2 rings (SSSR count). The van der Waals surface area contributed by atoms with Gasteiger partial charge in [-0.2, -0.15) is 0 Å². The average molecular weight is 254 g/mol. The maximum Gasteiger partial charge on any atom is 0.157 e. The van der Waals surface area contributed by atoms with Crippen molar-refractivity contribution < 1.29 is 14.6 Å². The molecule has 0 radical (unpaired) electrons. The van der Waals surface area contributed by atoms with Crippen LogP contribution < -0.4 is 0 Å². The molecule has 1 N–H and O–H groups in total. The van der Waals surface area contributed by atoms with Crippen molar-refractivity contribution in [2.45, 2.75) is 65.1 Å². The highest BCUT2D eigenvalue weighted by molar-refractivity contribution is 5.83. The number of aliphatic hydroxyl groups is 1. The largest absolute Gasteiger partial charge is 0.368 e. The van der Waals surface area contributed by atoms with Gasteiger partial charge in [0.25, 0.3) is 0 Å². The Morgan fingerprint density at radius 3 is 2.56 bits per heavy atom. The van der Waals surface area contributed by atoms with Crippen LogP contribution in [0.15, 0.2) is 0 Å². The minimum atomic E-state index is -0.612. The van der Waals surface area contributed by atoms with E-state index < -0.39 is 6.29 Å². The van der Waals surface area contributed by atoms with E-state index in [1.165, 1.54) is 0 Å². The molecule has 2 unspecified atom stereocenters. The molecule has 2 saturated carbocycles. The molecule has 2 aliphatic rings. The SMILES string of the molecule is CCOC(O)C1CCC(C)(C2CCCC2=O)CC1. The van der Waals surface area contributed by atoms with Gasteiger partial charge < -0.3 is 9.84 Å². The lowest BCUT2D eigenvalue weighted by Gasteiger charge is -2.42. The van der Waals surface area contributed by atoms with Gasteiger partial charge in [-0.1, -0.05) is 6.92 Å². The second kappa shape index (κ2) is 5.70. The first kappa shape index (κ1) is 14.0. The molecule has 0 saturated heterocycles. The third-order valence-corrected chi connectivity index (χ3v) is 5.06. The lowest BCUT2D eigenvalue weighted by atomic mass is 9.64. The number of hydrogen-bond acceptors (Lipinski definition) is 3. The fourth-order valence-electron chi connectivity index (χ4n) is 3.79. The van der Waals surface area contributed by atoms with Gasteiger partial charge in [-0.15, -0.1) is 0 Å². The topological polar surface area (TPSA) is 46.5 Å². The molecule has 0 aromatic carbocycles. The van der Waals surface area contributed by atoms with E-state index in [2.05, 4.69) is 6.92 Å². The first-order valence-corrected chi connectivity index (χ1v) is 7.39. The molecule has 2 aliphatic carbocycles. The molecule has 104 valence electrons. The molecule has 2 atom stereocenters. The van der Waals surface area contributed by atoms with Gasteiger partial charge in [0.1, 0.15) is 5.78 Å². The highest BCUT2D eigenvalue weighted by Crippen LogP contribution is 2.49. The molecule has 0 bridgehead atoms. The van der Waals surface area contributed by atoms with Gasteiger partial charge in [0.2, 0.25) is 0 Å². The fraction of sp³-hybridized carbons (Fsp3) is 0.933. The van der Waals surface area contributed by atoms with Crippen LogP contribution in [0.2, 0.25) is 0 Å². The molecule has 18 heavy (non-hydrogen) atoms. The Morgan fingerprint density at radius 1 is 1.39 bits per heavy atom. The monoisotopic (exact) mass is 254 g/mol. The summed E-state index contributed by atoms with van der Waals surface area (Å²) >= 11 is 0. The number of ether oxygens (including phenoxy) is 1. The number of Topliss-reactive ketones (excluding diaryl/α,β-unsaturated/α-hetero) is 1. The number of hydrogen-bond donors (Lipinski definition) is 1. The van der Waals surface area contributed by atoms with Crippen LogP contribution in [-0.2, 0) is 9.53 Å². The Hall–Kier alpha value is -0.410. The predicted molar refractivity (Wildman–Crippen MR) is 70.0 cm³/mol. The zero-order chi connectivity index (χ0) is 13.2. The van der Waals surface area contributed by atoms with Crippen molar-refractivity contribution in [3.8, 4) is 0 Å². The van der Waals surface area contributed by atoms with Crippen molar-refractivity contribution >= 4 is 5.78 Å². The van der Waals surface area contributed by atoms with E-state index in [1.807, 2.05) is 6.92 Å². The molecule has 0 aliphatic heterocycles. The number of ketones is 1. The Labute approximate surface area is 110 Å². The summed E-state index contributed by atoms with van der Waals surface area (Å²) in [4.78, 5) is 11.9. The average Bonchev–Trinajstić information content (AvgIpc) is 2.77. The van der Waals surface area contributed by atoms with E-state index in [4.69, 9.17) is 4.74 Å². The van der Waals surface area contributed by atoms with Crippen molar-refractivity contribution in [1.29, 1.82) is 0 Å². The summed E-state index contributed by atoms with van der Waals surface area (Å²) in [6, 6.07) is 0. The second-order valence-corrected chi connectivity index (χ2v) is 6.25. The number of carbonyl (C=O) groups is 1. The van der Waals surface area contributed by atoms with Gasteiger partial charge in [-0.25, -0.2) is 0 Å². The zero-order valence-electron chi connectivity index (χ0n) is 11.7. The third kappa shape index (κ3) is 2.77. The second-order valence-electron chi connectivity index (χ2n) is 6.25. The van der Waals surface area contributed by atoms with Crippen molar-refractivity contribution in [2.75, 3.05) is 6.61 Å². The molecule has 3 heteroatoms. The minimum Gasteiger partial charge on any atom is -0.368 e. The van der Waals surface area contributed by atoms with Crippen LogP contribution in [0.3, 0.4) is 0 Å². The van der Waals surface area contributed by atoms with Crippen LogP contribution in [0, 0.1) is 17.3 Å². The maximum atomic E-state index is 11.9. The summed E-state index contributed by atoms with van der Waals surface area (Å²) in [7, 11) is 0. The van der Waals surface area contributed by atoms with Crippen LogP contribution in [0.1, 0.15) is 58.8 Å². The van der Waals surface area contributed by atoms with Crippen molar-refractivity contribution in [3.05, 3.63) is 0 Å². The van der Waals surface area contributed by atoms with Crippen LogP contribution in [0.5, 0.6) is 0 Å². The number of carbonyl (C=O) groups excluding carboxylic acids is 1. The summed E-state index contributed by atoms with van der Waals surface area (Å²) in [5.74, 6) is 1.01. The first-order chi connectivity index (χ1) is 8.57. The van der Waals surface area contributed by atoms with Gasteiger partial charge in [0.15, 0.2) is 6.29 Å². The van der Waals surface area contributed by atoms with Crippen LogP contribution >= 0.6 is 0 Å². The van der Waals surface area contributed by atoms with E-state index in [0.717, 1.165) is 44.9 Å². The smallest absolute Gasteiger partial charge is 0.157 e. The van der Waals surface area contributed by atoms with E-state index in [0.29, 0.717) is 12.4 Å². The Bertz CT molecular complexity index is 292. The molecule has 3 nitrogen and oxygen atoms in total. The van der Waals surface area contributed by atoms with Crippen molar-refractivity contribution in [1.82, 2.24) is 0 Å². The molecule has 0 amide bonds. The van der Waals surface area contributed by atoms with Gasteiger partial charge in [0.05, 0.1) is 0 Å². The van der Waals surface area contributed by atoms with Crippen LogP contribution in [0.25, 0.3) is 0 Å². The summed E-state index contributed by atoms with van der Waals surface area (Å²) in [6.07, 6.45) is 6.40. The maximum absolute atomic E-state index is 11.9. The Balaban J connectivity index is 1.90. The highest BCUT2D eigenvalue weighted by Gasteiger charge is 2.44. The summed E-state index contributed by atoms with van der Waals surface area (Å²) in [6.45, 7) is 4.74. The minimum absolute atomic E-state index is 0.177. The van der Waals surface area contributed by atoms with Gasteiger partial charge >= 0.3 is 0 Å². The summed E-state index contributed by atoms with van der Waals surface area (Å²) in [5.41, 5.74) is 0.177. The zero-order valence-corrected chi connectivity index (χ0v) is 11.7. The van der Waals surface area contributed by atoms with E-state index >= 15 is 0 Å². The Kier molecular flexibility index (Phi) is 4.44. The molecule has 0 heterocycles. The predicted octanol–water partition coefficient (Wildman–Crippen LogP) is 2.91. The van der Waals surface area contributed by atoms with Crippen molar-refractivity contribution in [3.63, 3.8) is 0 Å². The highest BCUT2D eigenvalue weighted by atomic mass is 16.6. The summed E-state index contributed by atoms with van der Waals surface area (Å²) < 4.78 is 5.28. The quantitative estimate of drug-likeness (QED) is 0.785. The van der Waals surface area contributed by atoms with Crippen LogP contribution in [-0.4, -0.2) is 23.8 Å². The van der Waals surface area contributed by atoms with E-state index in [-0.39, 0.29) is 17.3 Å².